The van der Waals surface area contributed by atoms with Crippen LogP contribution in [0.4, 0.5) is 10.1 Å². The average molecular weight is 224 g/mol. The Bertz CT molecular complexity index is 379. The SMILES string of the molecule is Cc1ccc(F)cc1NC(=O)CC(C)CN. The van der Waals surface area contributed by atoms with Crippen LogP contribution in [0.5, 0.6) is 0 Å². The molecule has 1 unspecified atom stereocenters. The Hall–Kier alpha value is -1.42. The molecule has 0 bridgehead atoms. The van der Waals surface area contributed by atoms with Crippen LogP contribution >= 0.6 is 0 Å². The van der Waals surface area contributed by atoms with E-state index in [1.807, 2.05) is 13.8 Å². The topological polar surface area (TPSA) is 55.1 Å². The zero-order valence-electron chi connectivity index (χ0n) is 9.59. The lowest BCUT2D eigenvalue weighted by molar-refractivity contribution is -0.116. The summed E-state index contributed by atoms with van der Waals surface area (Å²) in [5, 5.41) is 2.68. The van der Waals surface area contributed by atoms with Crippen LogP contribution in [0.15, 0.2) is 18.2 Å². The van der Waals surface area contributed by atoms with Crippen molar-refractivity contribution >= 4 is 11.6 Å². The Morgan fingerprint density at radius 2 is 2.25 bits per heavy atom. The first kappa shape index (κ1) is 12.6. The number of hydrogen-bond acceptors (Lipinski definition) is 2. The standard InChI is InChI=1S/C12H17FN2O/c1-8(7-14)5-12(16)15-11-6-10(13)4-3-9(11)2/h3-4,6,8H,5,7,14H2,1-2H3,(H,15,16). The van der Waals surface area contributed by atoms with Crippen LogP contribution < -0.4 is 11.1 Å². The van der Waals surface area contributed by atoms with Gasteiger partial charge in [0, 0.05) is 12.1 Å². The number of rotatable bonds is 4. The average Bonchev–Trinajstić information content (AvgIpc) is 2.23. The van der Waals surface area contributed by atoms with Crippen molar-refractivity contribution in [2.75, 3.05) is 11.9 Å². The molecule has 1 aromatic rings. The number of halogens is 1. The Morgan fingerprint density at radius 3 is 2.88 bits per heavy atom. The third-order valence-electron chi connectivity index (χ3n) is 2.41. The Morgan fingerprint density at radius 1 is 1.56 bits per heavy atom. The van der Waals surface area contributed by atoms with Crippen molar-refractivity contribution in [1.29, 1.82) is 0 Å². The van der Waals surface area contributed by atoms with Crippen LogP contribution in [-0.2, 0) is 4.79 Å². The summed E-state index contributed by atoms with van der Waals surface area (Å²) in [7, 11) is 0. The Balaban J connectivity index is 2.65. The van der Waals surface area contributed by atoms with E-state index in [1.165, 1.54) is 12.1 Å². The van der Waals surface area contributed by atoms with Crippen molar-refractivity contribution in [3.05, 3.63) is 29.6 Å². The van der Waals surface area contributed by atoms with E-state index in [2.05, 4.69) is 5.32 Å². The minimum absolute atomic E-state index is 0.133. The Kier molecular flexibility index (Phi) is 4.43. The first-order valence-electron chi connectivity index (χ1n) is 5.29. The van der Waals surface area contributed by atoms with Crippen molar-refractivity contribution in [2.24, 2.45) is 11.7 Å². The molecule has 88 valence electrons. The third kappa shape index (κ3) is 3.62. The van der Waals surface area contributed by atoms with Crippen molar-refractivity contribution in [3.8, 4) is 0 Å². The molecule has 16 heavy (non-hydrogen) atoms. The first-order valence-corrected chi connectivity index (χ1v) is 5.29. The van der Waals surface area contributed by atoms with Gasteiger partial charge in [-0.15, -0.1) is 0 Å². The highest BCUT2D eigenvalue weighted by Gasteiger charge is 2.09. The monoisotopic (exact) mass is 224 g/mol. The number of nitrogens with one attached hydrogen (secondary N) is 1. The summed E-state index contributed by atoms with van der Waals surface area (Å²) < 4.78 is 13.0. The zero-order valence-corrected chi connectivity index (χ0v) is 9.59. The fourth-order valence-electron chi connectivity index (χ4n) is 1.33. The van der Waals surface area contributed by atoms with E-state index in [1.54, 1.807) is 6.07 Å². The molecule has 1 amide bonds. The molecule has 0 aliphatic carbocycles. The summed E-state index contributed by atoms with van der Waals surface area (Å²) in [5.74, 6) is -0.353. The number of benzene rings is 1. The highest BCUT2D eigenvalue weighted by Crippen LogP contribution is 2.16. The van der Waals surface area contributed by atoms with Crippen LogP contribution in [0.2, 0.25) is 0 Å². The quantitative estimate of drug-likeness (QED) is 0.822. The van der Waals surface area contributed by atoms with Gasteiger partial charge in [-0.05, 0) is 37.1 Å². The summed E-state index contributed by atoms with van der Waals surface area (Å²) in [4.78, 5) is 11.6. The molecule has 0 saturated heterocycles. The van der Waals surface area contributed by atoms with Crippen LogP contribution in [0.3, 0.4) is 0 Å². The second-order valence-corrected chi connectivity index (χ2v) is 4.05. The Labute approximate surface area is 94.8 Å². The van der Waals surface area contributed by atoms with E-state index in [4.69, 9.17) is 5.73 Å². The molecule has 4 heteroatoms. The minimum atomic E-state index is -0.354. The van der Waals surface area contributed by atoms with Gasteiger partial charge >= 0.3 is 0 Å². The third-order valence-corrected chi connectivity index (χ3v) is 2.41. The predicted molar refractivity (Wildman–Crippen MR) is 62.6 cm³/mol. The van der Waals surface area contributed by atoms with E-state index in [0.717, 1.165) is 5.56 Å². The van der Waals surface area contributed by atoms with Crippen molar-refractivity contribution < 1.29 is 9.18 Å². The summed E-state index contributed by atoms with van der Waals surface area (Å²) in [5.41, 5.74) is 6.79. The van der Waals surface area contributed by atoms with E-state index >= 15 is 0 Å². The molecule has 0 spiro atoms. The molecule has 0 aliphatic heterocycles. The molecule has 0 saturated carbocycles. The van der Waals surface area contributed by atoms with Crippen molar-refractivity contribution in [1.82, 2.24) is 0 Å². The van der Waals surface area contributed by atoms with Gasteiger partial charge in [0.2, 0.25) is 5.91 Å². The van der Waals surface area contributed by atoms with Crippen LogP contribution in [-0.4, -0.2) is 12.5 Å². The number of aryl methyl sites for hydroxylation is 1. The van der Waals surface area contributed by atoms with Gasteiger partial charge in [-0.2, -0.15) is 0 Å². The van der Waals surface area contributed by atoms with Gasteiger partial charge in [0.25, 0.3) is 0 Å². The van der Waals surface area contributed by atoms with E-state index in [0.29, 0.717) is 18.7 Å². The zero-order chi connectivity index (χ0) is 12.1. The highest BCUT2D eigenvalue weighted by atomic mass is 19.1. The number of carbonyl (C=O) groups excluding carboxylic acids is 1. The van der Waals surface area contributed by atoms with Gasteiger partial charge in [0.1, 0.15) is 5.82 Å². The number of nitrogens with two attached hydrogens (primary N) is 1. The molecule has 1 aromatic carbocycles. The normalized spacial score (nSPS) is 12.2. The van der Waals surface area contributed by atoms with E-state index < -0.39 is 0 Å². The molecule has 3 N–H and O–H groups in total. The maximum atomic E-state index is 13.0. The van der Waals surface area contributed by atoms with E-state index in [9.17, 15) is 9.18 Å². The van der Waals surface area contributed by atoms with Crippen molar-refractivity contribution in [3.63, 3.8) is 0 Å². The second-order valence-electron chi connectivity index (χ2n) is 4.05. The van der Waals surface area contributed by atoms with Gasteiger partial charge in [0.05, 0.1) is 0 Å². The lowest BCUT2D eigenvalue weighted by Crippen LogP contribution is -2.20. The predicted octanol–water partition coefficient (Wildman–Crippen LogP) is 2.06. The minimum Gasteiger partial charge on any atom is -0.330 e. The number of amides is 1. The van der Waals surface area contributed by atoms with E-state index in [-0.39, 0.29) is 17.6 Å². The fourth-order valence-corrected chi connectivity index (χ4v) is 1.33. The van der Waals surface area contributed by atoms with Gasteiger partial charge in [-0.1, -0.05) is 13.0 Å². The molecule has 0 fully saturated rings. The largest absolute Gasteiger partial charge is 0.330 e. The lowest BCUT2D eigenvalue weighted by Gasteiger charge is -2.11. The molecule has 1 atom stereocenters. The maximum absolute atomic E-state index is 13.0. The van der Waals surface area contributed by atoms with Gasteiger partial charge < -0.3 is 11.1 Å². The second kappa shape index (κ2) is 5.61. The van der Waals surface area contributed by atoms with Crippen LogP contribution in [0.1, 0.15) is 18.9 Å². The summed E-state index contributed by atoms with van der Waals surface area (Å²) in [6.07, 6.45) is 0.354. The lowest BCUT2D eigenvalue weighted by atomic mass is 10.1. The smallest absolute Gasteiger partial charge is 0.224 e. The van der Waals surface area contributed by atoms with Gasteiger partial charge in [-0.25, -0.2) is 4.39 Å². The summed E-state index contributed by atoms with van der Waals surface area (Å²) in [6.45, 7) is 4.19. The highest BCUT2D eigenvalue weighted by molar-refractivity contribution is 5.91. The van der Waals surface area contributed by atoms with Crippen LogP contribution in [0, 0.1) is 18.7 Å². The van der Waals surface area contributed by atoms with Gasteiger partial charge in [0.15, 0.2) is 0 Å². The number of hydrogen-bond donors (Lipinski definition) is 2. The molecule has 0 aliphatic rings. The number of anilines is 1. The molecular weight excluding hydrogens is 207 g/mol. The maximum Gasteiger partial charge on any atom is 0.224 e. The summed E-state index contributed by atoms with van der Waals surface area (Å²) >= 11 is 0. The molecule has 0 radical (unpaired) electrons. The molecule has 1 rings (SSSR count). The van der Waals surface area contributed by atoms with Gasteiger partial charge in [-0.3, -0.25) is 4.79 Å². The molecular formula is C12H17FN2O. The van der Waals surface area contributed by atoms with Crippen LogP contribution in [0.25, 0.3) is 0 Å². The fraction of sp³-hybridized carbons (Fsp3) is 0.417. The first-order chi connectivity index (χ1) is 7.52. The summed E-state index contributed by atoms with van der Waals surface area (Å²) in [6, 6.07) is 4.32. The van der Waals surface area contributed by atoms with Crippen molar-refractivity contribution in [2.45, 2.75) is 20.3 Å². The molecule has 0 aromatic heterocycles. The number of carbonyl (C=O) groups is 1. The molecule has 3 nitrogen and oxygen atoms in total. The molecule has 0 heterocycles.